The van der Waals surface area contributed by atoms with E-state index >= 15 is 0 Å². The highest BCUT2D eigenvalue weighted by molar-refractivity contribution is 6.32. The van der Waals surface area contributed by atoms with Crippen LogP contribution in [0.3, 0.4) is 0 Å². The predicted molar refractivity (Wildman–Crippen MR) is 112 cm³/mol. The van der Waals surface area contributed by atoms with E-state index in [1.54, 1.807) is 29.2 Å². The predicted octanol–water partition coefficient (Wildman–Crippen LogP) is 4.55. The highest BCUT2D eigenvalue weighted by Crippen LogP contribution is 2.37. The molecule has 158 valence electrons. The molecule has 0 spiro atoms. The molecule has 2 heterocycles. The Hall–Kier alpha value is -2.25. The van der Waals surface area contributed by atoms with Crippen LogP contribution >= 0.6 is 11.6 Å². The van der Waals surface area contributed by atoms with Gasteiger partial charge in [-0.1, -0.05) is 24.9 Å². The smallest absolute Gasteiger partial charge is 0.255 e. The molecule has 1 N–H and O–H groups in total. The molecule has 1 aliphatic heterocycles. The van der Waals surface area contributed by atoms with Crippen molar-refractivity contribution in [3.63, 3.8) is 0 Å². The largest absolute Gasteiger partial charge is 0.490 e. The zero-order valence-corrected chi connectivity index (χ0v) is 17.7. The second kappa shape index (κ2) is 10.5. The van der Waals surface area contributed by atoms with Gasteiger partial charge in [-0.05, 0) is 38.3 Å². The van der Waals surface area contributed by atoms with Crippen molar-refractivity contribution in [3.05, 3.63) is 35.1 Å². The van der Waals surface area contributed by atoms with E-state index in [-0.39, 0.29) is 12.0 Å². The summed E-state index contributed by atoms with van der Waals surface area (Å²) in [7, 11) is 0. The molecular formula is C21H28ClN3O4. The Labute approximate surface area is 176 Å². The summed E-state index contributed by atoms with van der Waals surface area (Å²) in [4.78, 5) is 12.7. The Kier molecular flexibility index (Phi) is 7.77. The van der Waals surface area contributed by atoms with Crippen molar-refractivity contribution in [3.8, 4) is 11.5 Å². The van der Waals surface area contributed by atoms with Gasteiger partial charge >= 0.3 is 0 Å². The van der Waals surface area contributed by atoms with Crippen molar-refractivity contribution in [2.45, 2.75) is 52.2 Å². The Bertz CT molecular complexity index is 818. The summed E-state index contributed by atoms with van der Waals surface area (Å²) in [5.74, 6) is 0.655. The van der Waals surface area contributed by atoms with Crippen molar-refractivity contribution in [1.82, 2.24) is 9.78 Å². The third-order valence-electron chi connectivity index (χ3n) is 4.62. The quantitative estimate of drug-likeness (QED) is 0.570. The number of anilines is 1. The number of halogens is 1. The van der Waals surface area contributed by atoms with Crippen LogP contribution in [0.25, 0.3) is 0 Å². The SMILES string of the molecule is CCCCOc1c(Cl)cc(C(=O)Nc2cnn(CC3CCCO3)c2)cc1OCC. The molecule has 0 aliphatic carbocycles. The maximum atomic E-state index is 12.7. The lowest BCUT2D eigenvalue weighted by Gasteiger charge is -2.15. The molecule has 2 aromatic rings. The third-order valence-corrected chi connectivity index (χ3v) is 4.90. The molecule has 1 saturated heterocycles. The van der Waals surface area contributed by atoms with Gasteiger partial charge in [0.15, 0.2) is 11.5 Å². The van der Waals surface area contributed by atoms with Gasteiger partial charge in [-0.3, -0.25) is 9.48 Å². The Balaban J connectivity index is 1.68. The lowest BCUT2D eigenvalue weighted by molar-refractivity contribution is 0.0940. The first-order valence-corrected chi connectivity index (χ1v) is 10.5. The molecule has 1 atom stereocenters. The fourth-order valence-electron chi connectivity index (χ4n) is 3.15. The van der Waals surface area contributed by atoms with E-state index in [4.69, 9.17) is 25.8 Å². The summed E-state index contributed by atoms with van der Waals surface area (Å²) in [5, 5.41) is 7.50. The summed E-state index contributed by atoms with van der Waals surface area (Å²) in [6.45, 7) is 6.44. The standard InChI is InChI=1S/C21H28ClN3O4/c1-3-5-8-29-20-18(22)10-15(11-19(20)27-4-2)21(26)24-16-12-23-25(13-16)14-17-7-6-9-28-17/h10-13,17H,3-9,14H2,1-2H3,(H,24,26). The summed E-state index contributed by atoms with van der Waals surface area (Å²) >= 11 is 6.38. The van der Waals surface area contributed by atoms with Gasteiger partial charge in [0.25, 0.3) is 5.91 Å². The number of nitrogens with zero attached hydrogens (tertiary/aromatic N) is 2. The average Bonchev–Trinajstić information content (AvgIpc) is 3.36. The molecule has 1 unspecified atom stereocenters. The minimum absolute atomic E-state index is 0.186. The number of rotatable bonds is 10. The zero-order valence-electron chi connectivity index (χ0n) is 16.9. The first-order valence-electron chi connectivity index (χ1n) is 10.1. The minimum Gasteiger partial charge on any atom is -0.490 e. The molecule has 0 saturated carbocycles. The molecule has 29 heavy (non-hydrogen) atoms. The summed E-state index contributed by atoms with van der Waals surface area (Å²) in [5.41, 5.74) is 1.01. The van der Waals surface area contributed by atoms with E-state index in [1.807, 2.05) is 6.92 Å². The van der Waals surface area contributed by atoms with E-state index in [9.17, 15) is 4.79 Å². The second-order valence-corrected chi connectivity index (χ2v) is 7.37. The molecule has 1 aromatic carbocycles. The van der Waals surface area contributed by atoms with Crippen molar-refractivity contribution >= 4 is 23.2 Å². The first-order chi connectivity index (χ1) is 14.1. The Morgan fingerprint density at radius 3 is 2.97 bits per heavy atom. The van der Waals surface area contributed by atoms with E-state index in [2.05, 4.69) is 17.3 Å². The van der Waals surface area contributed by atoms with Gasteiger partial charge < -0.3 is 19.5 Å². The number of amides is 1. The number of ether oxygens (including phenoxy) is 3. The van der Waals surface area contributed by atoms with Crippen LogP contribution in [-0.4, -0.2) is 41.6 Å². The molecule has 1 aromatic heterocycles. The van der Waals surface area contributed by atoms with Gasteiger partial charge in [0.2, 0.25) is 0 Å². The van der Waals surface area contributed by atoms with Crippen LogP contribution in [0, 0.1) is 0 Å². The van der Waals surface area contributed by atoms with E-state index in [0.29, 0.717) is 47.5 Å². The van der Waals surface area contributed by atoms with Gasteiger partial charge in [-0.25, -0.2) is 0 Å². The summed E-state index contributed by atoms with van der Waals surface area (Å²) in [6.07, 6.45) is 7.66. The lowest BCUT2D eigenvalue weighted by Crippen LogP contribution is -2.15. The number of unbranched alkanes of at least 4 members (excludes halogenated alkanes) is 1. The van der Waals surface area contributed by atoms with Crippen molar-refractivity contribution in [2.75, 3.05) is 25.1 Å². The topological polar surface area (TPSA) is 74.6 Å². The number of hydrogen-bond donors (Lipinski definition) is 1. The average molecular weight is 422 g/mol. The molecule has 0 radical (unpaired) electrons. The second-order valence-electron chi connectivity index (χ2n) is 6.96. The van der Waals surface area contributed by atoms with Gasteiger partial charge in [0.05, 0.1) is 42.8 Å². The minimum atomic E-state index is -0.287. The van der Waals surface area contributed by atoms with E-state index < -0.39 is 0 Å². The molecule has 8 heteroatoms. The van der Waals surface area contributed by atoms with Crippen LogP contribution in [0.2, 0.25) is 5.02 Å². The highest BCUT2D eigenvalue weighted by atomic mass is 35.5. The van der Waals surface area contributed by atoms with Crippen LogP contribution in [-0.2, 0) is 11.3 Å². The summed E-state index contributed by atoms with van der Waals surface area (Å²) in [6, 6.07) is 3.25. The molecule has 7 nitrogen and oxygen atoms in total. The maximum absolute atomic E-state index is 12.7. The number of hydrogen-bond acceptors (Lipinski definition) is 5. The number of nitrogens with one attached hydrogen (secondary N) is 1. The van der Waals surface area contributed by atoms with Gasteiger partial charge in [0.1, 0.15) is 0 Å². The van der Waals surface area contributed by atoms with Crippen LogP contribution in [0.4, 0.5) is 5.69 Å². The number of benzene rings is 1. The third kappa shape index (κ3) is 5.87. The molecule has 1 amide bonds. The number of carbonyl (C=O) groups excluding carboxylic acids is 1. The Morgan fingerprint density at radius 1 is 1.38 bits per heavy atom. The monoisotopic (exact) mass is 421 g/mol. The molecule has 3 rings (SSSR count). The fourth-order valence-corrected chi connectivity index (χ4v) is 3.41. The lowest BCUT2D eigenvalue weighted by atomic mass is 10.2. The molecule has 0 bridgehead atoms. The van der Waals surface area contributed by atoms with Gasteiger partial charge in [-0.15, -0.1) is 0 Å². The van der Waals surface area contributed by atoms with Crippen molar-refractivity contribution in [2.24, 2.45) is 0 Å². The molecule has 1 aliphatic rings. The van der Waals surface area contributed by atoms with Gasteiger partial charge in [0, 0.05) is 18.4 Å². The Morgan fingerprint density at radius 2 is 2.24 bits per heavy atom. The summed E-state index contributed by atoms with van der Waals surface area (Å²) < 4.78 is 18.8. The molecular weight excluding hydrogens is 394 g/mol. The normalized spacial score (nSPS) is 16.0. The van der Waals surface area contributed by atoms with Crippen molar-refractivity contribution in [1.29, 1.82) is 0 Å². The van der Waals surface area contributed by atoms with Crippen LogP contribution in [0.1, 0.15) is 49.9 Å². The van der Waals surface area contributed by atoms with Crippen LogP contribution in [0.15, 0.2) is 24.5 Å². The fraction of sp³-hybridized carbons (Fsp3) is 0.524. The number of carbonyl (C=O) groups is 1. The zero-order chi connectivity index (χ0) is 20.6. The number of aromatic nitrogens is 2. The van der Waals surface area contributed by atoms with Crippen LogP contribution < -0.4 is 14.8 Å². The maximum Gasteiger partial charge on any atom is 0.255 e. The molecule has 1 fully saturated rings. The first kappa shape index (κ1) is 21.5. The highest BCUT2D eigenvalue weighted by Gasteiger charge is 2.18. The van der Waals surface area contributed by atoms with Gasteiger partial charge in [-0.2, -0.15) is 5.10 Å². The van der Waals surface area contributed by atoms with E-state index in [1.165, 1.54) is 0 Å². The van der Waals surface area contributed by atoms with E-state index in [0.717, 1.165) is 32.3 Å². The van der Waals surface area contributed by atoms with Crippen LogP contribution in [0.5, 0.6) is 11.5 Å². The van der Waals surface area contributed by atoms with Crippen molar-refractivity contribution < 1.29 is 19.0 Å².